The summed E-state index contributed by atoms with van der Waals surface area (Å²) in [5.74, 6) is -0.124. The Labute approximate surface area is 69.3 Å². The maximum atomic E-state index is 11.4. The largest absolute Gasteiger partial charge is 0.281 e. The van der Waals surface area contributed by atoms with Gasteiger partial charge in [-0.15, -0.1) is 0 Å². The maximum absolute atomic E-state index is 11.4. The number of hydrogen-bond donors (Lipinski definition) is 0. The van der Waals surface area contributed by atoms with E-state index < -0.39 is 0 Å². The second kappa shape index (κ2) is 2.73. The van der Waals surface area contributed by atoms with Crippen molar-refractivity contribution in [3.05, 3.63) is 30.9 Å². The number of carbonyl (C=O) groups is 1. The summed E-state index contributed by atoms with van der Waals surface area (Å²) in [4.78, 5) is 19.2. The molecule has 1 aromatic rings. The number of allylic oxidation sites excluding steroid dienone is 1. The molecule has 0 aromatic carbocycles. The maximum Gasteiger partial charge on any atom is 0.281 e. The molecule has 0 N–H and O–H groups in total. The average Bonchev–Trinajstić information content (AvgIpc) is 2.77. The molecular weight excluding hydrogens is 154 g/mol. The summed E-state index contributed by atoms with van der Waals surface area (Å²) in [6, 6.07) is 0. The minimum atomic E-state index is -0.124. The van der Waals surface area contributed by atoms with Crippen LogP contribution >= 0.6 is 0 Å². The quantitative estimate of drug-likeness (QED) is 0.603. The highest BCUT2D eigenvalue weighted by molar-refractivity contribution is 6.44. The van der Waals surface area contributed by atoms with Crippen molar-refractivity contribution in [1.82, 2.24) is 9.55 Å². The molecule has 0 bridgehead atoms. The number of aromatic nitrogens is 2. The molecule has 0 saturated carbocycles. The number of carbonyl (C=O) groups excluding carboxylic acids is 1. The molecule has 0 unspecified atom stereocenters. The average molecular weight is 161 g/mol. The van der Waals surface area contributed by atoms with Crippen molar-refractivity contribution in [3.63, 3.8) is 0 Å². The number of aliphatic imine (C=N–C) groups is 1. The van der Waals surface area contributed by atoms with Gasteiger partial charge in [0.2, 0.25) is 0 Å². The van der Waals surface area contributed by atoms with E-state index in [2.05, 4.69) is 9.98 Å². The van der Waals surface area contributed by atoms with Gasteiger partial charge in [0.25, 0.3) is 5.91 Å². The van der Waals surface area contributed by atoms with Crippen LogP contribution in [-0.4, -0.2) is 27.7 Å². The fourth-order valence-corrected chi connectivity index (χ4v) is 1.02. The van der Waals surface area contributed by atoms with E-state index in [0.717, 1.165) is 0 Å². The van der Waals surface area contributed by atoms with Crippen molar-refractivity contribution in [1.29, 1.82) is 0 Å². The predicted molar refractivity (Wildman–Crippen MR) is 44.3 cm³/mol. The summed E-state index contributed by atoms with van der Waals surface area (Å²) in [6.45, 7) is 0.607. The van der Waals surface area contributed by atoms with Crippen LogP contribution in [0.3, 0.4) is 0 Å². The first kappa shape index (κ1) is 6.97. The lowest BCUT2D eigenvalue weighted by Gasteiger charge is -1.96. The van der Waals surface area contributed by atoms with Crippen molar-refractivity contribution in [2.24, 2.45) is 4.99 Å². The van der Waals surface area contributed by atoms with Crippen LogP contribution in [-0.2, 0) is 0 Å². The Bertz CT molecular complexity index is 348. The van der Waals surface area contributed by atoms with Crippen LogP contribution in [0.15, 0.2) is 35.9 Å². The second-order valence-corrected chi connectivity index (χ2v) is 2.40. The van der Waals surface area contributed by atoms with E-state index in [1.54, 1.807) is 18.5 Å². The molecule has 0 amide bonds. The smallest absolute Gasteiger partial charge is 0.275 e. The Morgan fingerprint density at radius 3 is 3.08 bits per heavy atom. The van der Waals surface area contributed by atoms with Crippen LogP contribution in [0.2, 0.25) is 0 Å². The van der Waals surface area contributed by atoms with Gasteiger partial charge in [0.1, 0.15) is 12.0 Å². The van der Waals surface area contributed by atoms with E-state index in [0.29, 0.717) is 12.3 Å². The lowest BCUT2D eigenvalue weighted by molar-refractivity contribution is 0.0991. The summed E-state index contributed by atoms with van der Waals surface area (Å²) < 4.78 is 1.41. The topological polar surface area (TPSA) is 47.2 Å². The summed E-state index contributed by atoms with van der Waals surface area (Å²) in [6.07, 6.45) is 8.22. The highest BCUT2D eigenvalue weighted by Gasteiger charge is 2.11. The minimum absolute atomic E-state index is 0.124. The zero-order valence-corrected chi connectivity index (χ0v) is 6.34. The van der Waals surface area contributed by atoms with Gasteiger partial charge in [-0.05, 0) is 6.08 Å². The fraction of sp³-hybridized carbons (Fsp3) is 0.125. The molecule has 4 nitrogen and oxygen atoms in total. The zero-order valence-electron chi connectivity index (χ0n) is 6.34. The van der Waals surface area contributed by atoms with Crippen molar-refractivity contribution in [3.8, 4) is 0 Å². The van der Waals surface area contributed by atoms with Crippen LogP contribution in [0.1, 0.15) is 4.79 Å². The van der Waals surface area contributed by atoms with Gasteiger partial charge in [-0.2, -0.15) is 0 Å². The van der Waals surface area contributed by atoms with E-state index in [1.165, 1.54) is 10.9 Å². The highest BCUT2D eigenvalue weighted by atomic mass is 16.2. The summed E-state index contributed by atoms with van der Waals surface area (Å²) in [5, 5.41) is 0. The van der Waals surface area contributed by atoms with Crippen molar-refractivity contribution in [2.45, 2.75) is 0 Å². The zero-order chi connectivity index (χ0) is 8.39. The number of hydrogen-bond acceptors (Lipinski definition) is 3. The summed E-state index contributed by atoms with van der Waals surface area (Å²) in [5.41, 5.74) is 0.494. The molecule has 1 aromatic heterocycles. The van der Waals surface area contributed by atoms with E-state index in [1.807, 2.05) is 6.08 Å². The molecule has 4 heteroatoms. The molecule has 1 aliphatic rings. The molecule has 1 aliphatic heterocycles. The molecule has 0 atom stereocenters. The molecular formula is C8H7N3O. The number of rotatable bonds is 1. The van der Waals surface area contributed by atoms with Gasteiger partial charge in [0.05, 0.1) is 6.54 Å². The van der Waals surface area contributed by atoms with Crippen LogP contribution in [0.25, 0.3) is 0 Å². The highest BCUT2D eigenvalue weighted by Crippen LogP contribution is 1.97. The van der Waals surface area contributed by atoms with Gasteiger partial charge in [0, 0.05) is 12.4 Å². The third-order valence-corrected chi connectivity index (χ3v) is 1.60. The number of imidazole rings is 1. The van der Waals surface area contributed by atoms with Gasteiger partial charge < -0.3 is 0 Å². The monoisotopic (exact) mass is 161 g/mol. The summed E-state index contributed by atoms with van der Waals surface area (Å²) in [7, 11) is 0. The normalized spacial score (nSPS) is 14.8. The van der Waals surface area contributed by atoms with Crippen LogP contribution in [0.4, 0.5) is 0 Å². The molecule has 12 heavy (non-hydrogen) atoms. The lowest BCUT2D eigenvalue weighted by Crippen LogP contribution is -2.17. The van der Waals surface area contributed by atoms with Crippen molar-refractivity contribution < 1.29 is 4.79 Å². The first-order valence-corrected chi connectivity index (χ1v) is 3.61. The summed E-state index contributed by atoms with van der Waals surface area (Å²) >= 11 is 0. The Morgan fingerprint density at radius 2 is 2.50 bits per heavy atom. The SMILES string of the molecule is O=C(C1=NCC=C1)n1ccnc1. The molecule has 2 rings (SSSR count). The van der Waals surface area contributed by atoms with E-state index in [-0.39, 0.29) is 5.91 Å². The Balaban J connectivity index is 2.26. The molecule has 0 aliphatic carbocycles. The van der Waals surface area contributed by atoms with E-state index in [4.69, 9.17) is 0 Å². The third kappa shape index (κ3) is 1.07. The van der Waals surface area contributed by atoms with E-state index >= 15 is 0 Å². The van der Waals surface area contributed by atoms with Gasteiger partial charge in [-0.25, -0.2) is 4.98 Å². The molecule has 0 fully saturated rings. The van der Waals surface area contributed by atoms with Crippen LogP contribution in [0, 0.1) is 0 Å². The third-order valence-electron chi connectivity index (χ3n) is 1.60. The van der Waals surface area contributed by atoms with Gasteiger partial charge in [-0.3, -0.25) is 14.4 Å². The van der Waals surface area contributed by atoms with Gasteiger partial charge in [-0.1, -0.05) is 6.08 Å². The molecule has 0 radical (unpaired) electrons. The first-order chi connectivity index (χ1) is 5.88. The molecule has 0 saturated heterocycles. The van der Waals surface area contributed by atoms with Crippen molar-refractivity contribution >= 4 is 11.6 Å². The Morgan fingerprint density at radius 1 is 1.58 bits per heavy atom. The van der Waals surface area contributed by atoms with Crippen LogP contribution < -0.4 is 0 Å². The minimum Gasteiger partial charge on any atom is -0.275 e. The predicted octanol–water partition coefficient (Wildman–Crippen LogP) is 0.534. The fourth-order valence-electron chi connectivity index (χ4n) is 1.02. The number of nitrogens with zero attached hydrogens (tertiary/aromatic N) is 3. The van der Waals surface area contributed by atoms with Gasteiger partial charge >= 0.3 is 0 Å². The molecule has 0 spiro atoms. The Hall–Kier alpha value is -1.71. The Kier molecular flexibility index (Phi) is 1.59. The first-order valence-electron chi connectivity index (χ1n) is 3.61. The van der Waals surface area contributed by atoms with Crippen molar-refractivity contribution in [2.75, 3.05) is 6.54 Å². The van der Waals surface area contributed by atoms with E-state index in [9.17, 15) is 4.79 Å². The second-order valence-electron chi connectivity index (χ2n) is 2.40. The molecule has 2 heterocycles. The van der Waals surface area contributed by atoms with Gasteiger partial charge in [0.15, 0.2) is 0 Å². The lowest BCUT2D eigenvalue weighted by atomic mass is 10.3. The molecule has 60 valence electrons. The standard InChI is InChI=1S/C8H7N3O/c12-8(7-2-1-3-10-7)11-5-4-9-6-11/h1-2,4-6H,3H2. The van der Waals surface area contributed by atoms with Crippen LogP contribution in [0.5, 0.6) is 0 Å².